The Morgan fingerprint density at radius 1 is 1.07 bits per heavy atom. The number of hydrogen-bond acceptors (Lipinski definition) is 5. The molecule has 0 aliphatic rings. The van der Waals surface area contributed by atoms with Crippen LogP contribution in [0.15, 0.2) is 48.5 Å². The second kappa shape index (κ2) is 8.05. The smallest absolute Gasteiger partial charge is 0.341 e. The lowest BCUT2D eigenvalue weighted by molar-refractivity contribution is 0.0597. The van der Waals surface area contributed by atoms with Crippen LogP contribution in [0.5, 0.6) is 5.75 Å². The summed E-state index contributed by atoms with van der Waals surface area (Å²) in [5, 5.41) is 3.80. The summed E-state index contributed by atoms with van der Waals surface area (Å²) in [6, 6.07) is 13.9. The maximum Gasteiger partial charge on any atom is 0.341 e. The van der Waals surface area contributed by atoms with E-state index in [1.165, 1.54) is 20.3 Å². The number of esters is 1. The van der Waals surface area contributed by atoms with E-state index in [4.69, 9.17) is 21.1 Å². The zero-order valence-corrected chi connectivity index (χ0v) is 15.5. The Balaban J connectivity index is 1.83. The Hall–Kier alpha value is -3.12. The zero-order valence-electron chi connectivity index (χ0n) is 14.8. The fourth-order valence-corrected chi connectivity index (χ4v) is 2.94. The fourth-order valence-electron chi connectivity index (χ4n) is 2.74. The first kappa shape index (κ1) is 18.7. The van der Waals surface area contributed by atoms with Gasteiger partial charge in [-0.05, 0) is 29.8 Å². The molecule has 1 amide bonds. The molecular formula is C20H17ClN2O4. The summed E-state index contributed by atoms with van der Waals surface area (Å²) in [5.41, 5.74) is 2.11. The second-order valence-corrected chi connectivity index (χ2v) is 6.11. The molecule has 6 nitrogen and oxygen atoms in total. The van der Waals surface area contributed by atoms with Gasteiger partial charge in [0.05, 0.1) is 25.3 Å². The molecule has 2 aromatic carbocycles. The number of rotatable bonds is 5. The van der Waals surface area contributed by atoms with E-state index >= 15 is 0 Å². The van der Waals surface area contributed by atoms with Crippen LogP contribution >= 0.6 is 11.6 Å². The van der Waals surface area contributed by atoms with Gasteiger partial charge in [0, 0.05) is 11.9 Å². The zero-order chi connectivity index (χ0) is 19.4. The molecule has 3 aromatic rings. The van der Waals surface area contributed by atoms with E-state index < -0.39 is 5.97 Å². The van der Waals surface area contributed by atoms with Crippen LogP contribution in [0.2, 0.25) is 5.15 Å². The SMILES string of the molecule is COC(=O)c1cc(CNC(=O)c2cc(Cl)nc3ccccc23)ccc1OC. The molecule has 0 radical (unpaired) electrons. The van der Waals surface area contributed by atoms with Gasteiger partial charge < -0.3 is 14.8 Å². The number of nitrogens with one attached hydrogen (secondary N) is 1. The average molecular weight is 385 g/mol. The molecule has 7 heteroatoms. The van der Waals surface area contributed by atoms with Crippen LogP contribution in [-0.4, -0.2) is 31.1 Å². The molecule has 3 rings (SSSR count). The number of benzene rings is 2. The number of aromatic nitrogens is 1. The number of methoxy groups -OCH3 is 2. The summed E-state index contributed by atoms with van der Waals surface area (Å²) in [4.78, 5) is 28.8. The number of amides is 1. The van der Waals surface area contributed by atoms with Crippen molar-refractivity contribution in [2.75, 3.05) is 14.2 Å². The van der Waals surface area contributed by atoms with Crippen molar-refractivity contribution < 1.29 is 19.1 Å². The van der Waals surface area contributed by atoms with Gasteiger partial charge in [0.2, 0.25) is 0 Å². The number of ether oxygens (including phenoxy) is 2. The summed E-state index contributed by atoms with van der Waals surface area (Å²) in [6.45, 7) is 0.223. The predicted molar refractivity (Wildman–Crippen MR) is 102 cm³/mol. The standard InChI is InChI=1S/C20H17ClN2O4/c1-26-17-8-7-12(9-15(17)20(25)27-2)11-22-19(24)14-10-18(21)23-16-6-4-3-5-13(14)16/h3-10H,11H2,1-2H3,(H,22,24). The van der Waals surface area contributed by atoms with Gasteiger partial charge in [-0.1, -0.05) is 35.9 Å². The van der Waals surface area contributed by atoms with Gasteiger partial charge in [-0.2, -0.15) is 0 Å². The van der Waals surface area contributed by atoms with Crippen LogP contribution in [0.3, 0.4) is 0 Å². The first-order valence-corrected chi connectivity index (χ1v) is 8.50. The van der Waals surface area contributed by atoms with Crippen LogP contribution < -0.4 is 10.1 Å². The van der Waals surface area contributed by atoms with Crippen LogP contribution in [0.25, 0.3) is 10.9 Å². The molecule has 0 bridgehead atoms. The lowest BCUT2D eigenvalue weighted by Gasteiger charge is -2.11. The van der Waals surface area contributed by atoms with Crippen LogP contribution in [-0.2, 0) is 11.3 Å². The van der Waals surface area contributed by atoms with E-state index in [0.29, 0.717) is 27.8 Å². The predicted octanol–water partition coefficient (Wildman–Crippen LogP) is 3.61. The highest BCUT2D eigenvalue weighted by atomic mass is 35.5. The number of fused-ring (bicyclic) bond motifs is 1. The summed E-state index contributed by atoms with van der Waals surface area (Å²) < 4.78 is 9.93. The Morgan fingerprint density at radius 3 is 2.59 bits per heavy atom. The van der Waals surface area contributed by atoms with Gasteiger partial charge in [0.25, 0.3) is 5.91 Å². The highest BCUT2D eigenvalue weighted by molar-refractivity contribution is 6.30. The molecular weight excluding hydrogens is 368 g/mol. The topological polar surface area (TPSA) is 77.5 Å². The summed E-state index contributed by atoms with van der Waals surface area (Å²) in [5.74, 6) is -0.387. The third kappa shape index (κ3) is 4.01. The number of hydrogen-bond donors (Lipinski definition) is 1. The fraction of sp³-hybridized carbons (Fsp3) is 0.150. The van der Waals surface area contributed by atoms with Crippen molar-refractivity contribution in [3.8, 4) is 5.75 Å². The number of halogens is 1. The van der Waals surface area contributed by atoms with E-state index in [1.807, 2.05) is 18.2 Å². The average Bonchev–Trinajstić information content (AvgIpc) is 2.70. The third-order valence-corrected chi connectivity index (χ3v) is 4.25. The first-order valence-electron chi connectivity index (χ1n) is 8.12. The highest BCUT2D eigenvalue weighted by Gasteiger charge is 2.15. The van der Waals surface area contributed by atoms with Crippen LogP contribution in [0, 0.1) is 0 Å². The van der Waals surface area contributed by atoms with Crippen molar-refractivity contribution in [2.24, 2.45) is 0 Å². The van der Waals surface area contributed by atoms with E-state index in [0.717, 1.165) is 5.56 Å². The molecule has 1 heterocycles. The highest BCUT2D eigenvalue weighted by Crippen LogP contribution is 2.22. The minimum Gasteiger partial charge on any atom is -0.496 e. The largest absolute Gasteiger partial charge is 0.496 e. The minimum absolute atomic E-state index is 0.223. The Kier molecular flexibility index (Phi) is 5.57. The maximum atomic E-state index is 12.7. The normalized spacial score (nSPS) is 10.5. The maximum absolute atomic E-state index is 12.7. The van der Waals surface area contributed by atoms with E-state index in [9.17, 15) is 9.59 Å². The molecule has 0 aliphatic heterocycles. The van der Waals surface area contributed by atoms with Crippen LogP contribution in [0.1, 0.15) is 26.3 Å². The van der Waals surface area contributed by atoms with Crippen molar-refractivity contribution in [3.63, 3.8) is 0 Å². The van der Waals surface area contributed by atoms with Crippen molar-refractivity contribution in [2.45, 2.75) is 6.54 Å². The molecule has 0 spiro atoms. The molecule has 138 valence electrons. The molecule has 0 atom stereocenters. The van der Waals surface area contributed by atoms with Gasteiger partial charge >= 0.3 is 5.97 Å². The molecule has 0 fully saturated rings. The van der Waals surface area contributed by atoms with E-state index in [-0.39, 0.29) is 17.6 Å². The monoisotopic (exact) mass is 384 g/mol. The van der Waals surface area contributed by atoms with Crippen molar-refractivity contribution in [3.05, 3.63) is 70.4 Å². The van der Waals surface area contributed by atoms with Crippen LogP contribution in [0.4, 0.5) is 0 Å². The molecule has 0 aliphatic carbocycles. The summed E-state index contributed by atoms with van der Waals surface area (Å²) in [7, 11) is 2.77. The van der Waals surface area contributed by atoms with Gasteiger partial charge in [0.15, 0.2) is 0 Å². The third-order valence-electron chi connectivity index (χ3n) is 4.05. The molecule has 1 aromatic heterocycles. The Bertz CT molecular complexity index is 1020. The summed E-state index contributed by atoms with van der Waals surface area (Å²) in [6.07, 6.45) is 0. The molecule has 1 N–H and O–H groups in total. The molecule has 0 saturated heterocycles. The number of carbonyl (C=O) groups excluding carboxylic acids is 2. The molecule has 0 unspecified atom stereocenters. The minimum atomic E-state index is -0.507. The lowest BCUT2D eigenvalue weighted by atomic mass is 10.1. The van der Waals surface area contributed by atoms with Crippen molar-refractivity contribution in [1.82, 2.24) is 10.3 Å². The van der Waals surface area contributed by atoms with Gasteiger partial charge in [-0.25, -0.2) is 9.78 Å². The Labute approximate surface area is 161 Å². The van der Waals surface area contributed by atoms with Crippen molar-refractivity contribution >= 4 is 34.4 Å². The molecule has 0 saturated carbocycles. The summed E-state index contributed by atoms with van der Waals surface area (Å²) >= 11 is 6.03. The lowest BCUT2D eigenvalue weighted by Crippen LogP contribution is -2.23. The number of pyridine rings is 1. The van der Waals surface area contributed by atoms with Gasteiger partial charge in [-0.15, -0.1) is 0 Å². The Morgan fingerprint density at radius 2 is 1.85 bits per heavy atom. The second-order valence-electron chi connectivity index (χ2n) is 5.72. The molecule has 27 heavy (non-hydrogen) atoms. The quantitative estimate of drug-likeness (QED) is 0.537. The van der Waals surface area contributed by atoms with Crippen molar-refractivity contribution in [1.29, 1.82) is 0 Å². The van der Waals surface area contributed by atoms with Gasteiger partial charge in [0.1, 0.15) is 16.5 Å². The number of para-hydroxylation sites is 1. The number of nitrogens with zero attached hydrogens (tertiary/aromatic N) is 1. The van der Waals surface area contributed by atoms with E-state index in [1.54, 1.807) is 24.3 Å². The van der Waals surface area contributed by atoms with Gasteiger partial charge in [-0.3, -0.25) is 4.79 Å². The first-order chi connectivity index (χ1) is 13.0. The number of carbonyl (C=O) groups is 2. The van der Waals surface area contributed by atoms with E-state index in [2.05, 4.69) is 10.3 Å².